The maximum absolute atomic E-state index is 11.4. The Bertz CT molecular complexity index is 525. The minimum Gasteiger partial charge on any atom is -0.481 e. The number of carboxylic acid groups (broad SMARTS) is 1. The molecular formula is C16H22ClNO2. The van der Waals surface area contributed by atoms with Crippen LogP contribution >= 0.6 is 11.6 Å². The lowest BCUT2D eigenvalue weighted by Crippen LogP contribution is -2.32. The SMILES string of the molecule is CC(C)N1CC(CC(C)(C)C(=O)O)c2c(Cl)cccc21. The summed E-state index contributed by atoms with van der Waals surface area (Å²) in [4.78, 5) is 13.7. The van der Waals surface area contributed by atoms with E-state index in [1.54, 1.807) is 13.8 Å². The van der Waals surface area contributed by atoms with Crippen molar-refractivity contribution in [3.63, 3.8) is 0 Å². The highest BCUT2D eigenvalue weighted by Crippen LogP contribution is 2.46. The summed E-state index contributed by atoms with van der Waals surface area (Å²) >= 11 is 6.37. The summed E-state index contributed by atoms with van der Waals surface area (Å²) in [5.74, 6) is -0.582. The van der Waals surface area contributed by atoms with Crippen LogP contribution < -0.4 is 4.90 Å². The number of fused-ring (bicyclic) bond motifs is 1. The molecule has 0 radical (unpaired) electrons. The number of nitrogens with zero attached hydrogens (tertiary/aromatic N) is 1. The summed E-state index contributed by atoms with van der Waals surface area (Å²) in [5.41, 5.74) is 1.52. The lowest BCUT2D eigenvalue weighted by molar-refractivity contribution is -0.147. The van der Waals surface area contributed by atoms with Crippen LogP contribution in [0.25, 0.3) is 0 Å². The molecule has 0 saturated heterocycles. The molecule has 110 valence electrons. The van der Waals surface area contributed by atoms with Crippen molar-refractivity contribution in [2.24, 2.45) is 5.41 Å². The summed E-state index contributed by atoms with van der Waals surface area (Å²) in [5, 5.41) is 10.1. The molecular weight excluding hydrogens is 274 g/mol. The van der Waals surface area contributed by atoms with Gasteiger partial charge in [-0.2, -0.15) is 0 Å². The number of carbonyl (C=O) groups is 1. The van der Waals surface area contributed by atoms with E-state index in [1.165, 1.54) is 0 Å². The van der Waals surface area contributed by atoms with Crippen molar-refractivity contribution in [1.82, 2.24) is 0 Å². The van der Waals surface area contributed by atoms with Gasteiger partial charge in [-0.1, -0.05) is 17.7 Å². The molecule has 2 rings (SSSR count). The van der Waals surface area contributed by atoms with Crippen molar-refractivity contribution in [1.29, 1.82) is 0 Å². The third-order valence-electron chi connectivity index (χ3n) is 4.12. The van der Waals surface area contributed by atoms with Gasteiger partial charge in [0.25, 0.3) is 0 Å². The fourth-order valence-electron chi connectivity index (χ4n) is 2.97. The molecule has 1 aliphatic heterocycles. The molecule has 0 spiro atoms. The fraction of sp³-hybridized carbons (Fsp3) is 0.562. The molecule has 0 aromatic heterocycles. The van der Waals surface area contributed by atoms with Gasteiger partial charge in [0.1, 0.15) is 0 Å². The molecule has 20 heavy (non-hydrogen) atoms. The molecule has 1 aliphatic rings. The molecule has 0 aliphatic carbocycles. The second-order valence-electron chi connectivity index (χ2n) is 6.51. The topological polar surface area (TPSA) is 40.5 Å². The normalized spacial score (nSPS) is 18.5. The number of benzene rings is 1. The number of aliphatic carboxylic acids is 1. The van der Waals surface area contributed by atoms with Crippen molar-refractivity contribution in [2.45, 2.75) is 46.1 Å². The van der Waals surface area contributed by atoms with E-state index in [4.69, 9.17) is 11.6 Å². The predicted molar refractivity (Wildman–Crippen MR) is 82.7 cm³/mol. The van der Waals surface area contributed by atoms with Gasteiger partial charge >= 0.3 is 5.97 Å². The second-order valence-corrected chi connectivity index (χ2v) is 6.92. The third kappa shape index (κ3) is 2.64. The molecule has 4 heteroatoms. The first-order valence-electron chi connectivity index (χ1n) is 7.02. The Labute approximate surface area is 125 Å². The molecule has 0 saturated carbocycles. The molecule has 1 unspecified atom stereocenters. The zero-order valence-corrected chi connectivity index (χ0v) is 13.2. The van der Waals surface area contributed by atoms with Gasteiger partial charge in [0.15, 0.2) is 0 Å². The van der Waals surface area contributed by atoms with Gasteiger partial charge in [0.05, 0.1) is 5.41 Å². The van der Waals surface area contributed by atoms with Crippen molar-refractivity contribution < 1.29 is 9.90 Å². The van der Waals surface area contributed by atoms with Crippen molar-refractivity contribution in [3.05, 3.63) is 28.8 Å². The number of hydrogen-bond acceptors (Lipinski definition) is 2. The fourth-order valence-corrected chi connectivity index (χ4v) is 3.29. The minimum absolute atomic E-state index is 0.173. The number of rotatable bonds is 4. The van der Waals surface area contributed by atoms with Crippen LogP contribution in [0.5, 0.6) is 0 Å². The highest BCUT2D eigenvalue weighted by Gasteiger charge is 2.38. The van der Waals surface area contributed by atoms with Crippen molar-refractivity contribution >= 4 is 23.3 Å². The Morgan fingerprint density at radius 3 is 2.70 bits per heavy atom. The average Bonchev–Trinajstić information content (AvgIpc) is 2.68. The Morgan fingerprint density at radius 2 is 2.15 bits per heavy atom. The first kappa shape index (κ1) is 15.2. The molecule has 3 nitrogen and oxygen atoms in total. The van der Waals surface area contributed by atoms with Crippen LogP contribution in [0.1, 0.15) is 45.6 Å². The van der Waals surface area contributed by atoms with E-state index in [-0.39, 0.29) is 5.92 Å². The van der Waals surface area contributed by atoms with Crippen LogP contribution in [0.15, 0.2) is 18.2 Å². The Balaban J connectivity index is 2.37. The molecule has 1 aromatic carbocycles. The quantitative estimate of drug-likeness (QED) is 0.907. The molecule has 1 N–H and O–H groups in total. The zero-order chi connectivity index (χ0) is 15.1. The Morgan fingerprint density at radius 1 is 1.50 bits per heavy atom. The Hall–Kier alpha value is -1.22. The summed E-state index contributed by atoms with van der Waals surface area (Å²) in [6.07, 6.45) is 0.599. The zero-order valence-electron chi connectivity index (χ0n) is 12.5. The van der Waals surface area contributed by atoms with Gasteiger partial charge in [0, 0.05) is 29.2 Å². The van der Waals surface area contributed by atoms with E-state index in [0.717, 1.165) is 22.8 Å². The minimum atomic E-state index is -0.755. The van der Waals surface area contributed by atoms with E-state index in [1.807, 2.05) is 12.1 Å². The molecule has 1 heterocycles. The van der Waals surface area contributed by atoms with Crippen LogP contribution in [-0.4, -0.2) is 23.7 Å². The Kier molecular flexibility index (Phi) is 4.01. The molecule has 1 aromatic rings. The first-order chi connectivity index (χ1) is 9.24. The van der Waals surface area contributed by atoms with Crippen LogP contribution in [0, 0.1) is 5.41 Å². The summed E-state index contributed by atoms with van der Waals surface area (Å²) in [7, 11) is 0. The van der Waals surface area contributed by atoms with Crippen LogP contribution in [0.3, 0.4) is 0 Å². The van der Waals surface area contributed by atoms with Crippen LogP contribution in [0.4, 0.5) is 5.69 Å². The van der Waals surface area contributed by atoms with E-state index < -0.39 is 11.4 Å². The number of halogens is 1. The maximum atomic E-state index is 11.4. The summed E-state index contributed by atoms with van der Waals surface area (Å²) in [6.45, 7) is 8.70. The lowest BCUT2D eigenvalue weighted by atomic mass is 9.81. The monoisotopic (exact) mass is 295 g/mol. The highest BCUT2D eigenvalue weighted by atomic mass is 35.5. The van der Waals surface area contributed by atoms with Crippen molar-refractivity contribution in [2.75, 3.05) is 11.4 Å². The van der Waals surface area contributed by atoms with Crippen LogP contribution in [-0.2, 0) is 4.79 Å². The highest BCUT2D eigenvalue weighted by molar-refractivity contribution is 6.32. The number of anilines is 1. The second kappa shape index (κ2) is 5.28. The maximum Gasteiger partial charge on any atom is 0.309 e. The van der Waals surface area contributed by atoms with Crippen LogP contribution in [0.2, 0.25) is 5.02 Å². The molecule has 1 atom stereocenters. The van der Waals surface area contributed by atoms with Crippen molar-refractivity contribution in [3.8, 4) is 0 Å². The van der Waals surface area contributed by atoms with Gasteiger partial charge in [-0.3, -0.25) is 4.79 Å². The number of carboxylic acids is 1. The molecule has 0 amide bonds. The third-order valence-corrected chi connectivity index (χ3v) is 4.45. The predicted octanol–water partition coefficient (Wildman–Crippen LogP) is 4.15. The van der Waals surface area contributed by atoms with E-state index in [9.17, 15) is 9.90 Å². The van der Waals surface area contributed by atoms with Gasteiger partial charge in [-0.15, -0.1) is 0 Å². The van der Waals surface area contributed by atoms with E-state index in [2.05, 4.69) is 24.8 Å². The molecule has 0 fully saturated rings. The summed E-state index contributed by atoms with van der Waals surface area (Å²) in [6, 6.07) is 6.31. The average molecular weight is 296 g/mol. The van der Waals surface area contributed by atoms with E-state index in [0.29, 0.717) is 12.5 Å². The number of hydrogen-bond donors (Lipinski definition) is 1. The van der Waals surface area contributed by atoms with Gasteiger partial charge in [-0.05, 0) is 51.8 Å². The molecule has 0 bridgehead atoms. The van der Waals surface area contributed by atoms with Gasteiger partial charge in [0.2, 0.25) is 0 Å². The summed E-state index contributed by atoms with van der Waals surface area (Å²) < 4.78 is 0. The largest absolute Gasteiger partial charge is 0.481 e. The first-order valence-corrected chi connectivity index (χ1v) is 7.40. The standard InChI is InChI=1S/C16H22ClNO2/c1-10(2)18-9-11(8-16(3,4)15(19)20)14-12(17)6-5-7-13(14)18/h5-7,10-11H,8-9H2,1-4H3,(H,19,20). The lowest BCUT2D eigenvalue weighted by Gasteiger charge is -2.26. The smallest absolute Gasteiger partial charge is 0.309 e. The van der Waals surface area contributed by atoms with E-state index >= 15 is 0 Å². The van der Waals surface area contributed by atoms with Gasteiger partial charge < -0.3 is 10.0 Å². The van der Waals surface area contributed by atoms with Gasteiger partial charge in [-0.25, -0.2) is 0 Å².